The Bertz CT molecular complexity index is 624. The summed E-state index contributed by atoms with van der Waals surface area (Å²) in [6, 6.07) is 6.13. The number of rotatable bonds is 7. The first-order chi connectivity index (χ1) is 9.82. The molecular formula is C14H20ClN3O2S. The van der Waals surface area contributed by atoms with Gasteiger partial charge in [0.1, 0.15) is 6.07 Å². The maximum atomic E-state index is 12.7. The second-order valence-corrected chi connectivity index (χ2v) is 7.31. The minimum absolute atomic E-state index is 0.124. The number of sulfonamides is 1. The maximum Gasteiger partial charge on any atom is 0.243 e. The van der Waals surface area contributed by atoms with Gasteiger partial charge in [0.05, 0.1) is 15.5 Å². The molecule has 21 heavy (non-hydrogen) atoms. The van der Waals surface area contributed by atoms with E-state index in [-0.39, 0.29) is 15.5 Å². The van der Waals surface area contributed by atoms with E-state index in [0.29, 0.717) is 19.6 Å². The molecule has 7 heteroatoms. The topological polar surface area (TPSA) is 64.4 Å². The van der Waals surface area contributed by atoms with Crippen molar-refractivity contribution in [2.24, 2.45) is 0 Å². The lowest BCUT2D eigenvalue weighted by Gasteiger charge is -2.23. The van der Waals surface area contributed by atoms with E-state index < -0.39 is 10.0 Å². The monoisotopic (exact) mass is 329 g/mol. The van der Waals surface area contributed by atoms with Gasteiger partial charge in [-0.25, -0.2) is 8.42 Å². The largest absolute Gasteiger partial charge is 0.308 e. The predicted molar refractivity (Wildman–Crippen MR) is 83.8 cm³/mol. The van der Waals surface area contributed by atoms with Gasteiger partial charge in [-0.3, -0.25) is 0 Å². The highest BCUT2D eigenvalue weighted by Crippen LogP contribution is 2.23. The number of halogens is 1. The lowest BCUT2D eigenvalue weighted by molar-refractivity contribution is 0.333. The third kappa shape index (κ3) is 4.68. The summed E-state index contributed by atoms with van der Waals surface area (Å²) in [5.74, 6) is 0. The molecule has 0 aliphatic heterocycles. The Labute approximate surface area is 131 Å². The average molecular weight is 330 g/mol. The molecule has 0 aliphatic rings. The molecule has 1 aromatic rings. The number of likely N-dealkylation sites (N-methyl/N-ethyl adjacent to an activating group) is 1. The van der Waals surface area contributed by atoms with Crippen LogP contribution in [-0.4, -0.2) is 51.4 Å². The smallest absolute Gasteiger partial charge is 0.243 e. The van der Waals surface area contributed by atoms with Crippen LogP contribution in [0.1, 0.15) is 18.9 Å². The van der Waals surface area contributed by atoms with Crippen molar-refractivity contribution in [2.45, 2.75) is 18.2 Å². The molecule has 0 N–H and O–H groups in total. The molecule has 0 saturated carbocycles. The number of hydrogen-bond acceptors (Lipinski definition) is 4. The van der Waals surface area contributed by atoms with Gasteiger partial charge < -0.3 is 4.90 Å². The number of benzene rings is 1. The van der Waals surface area contributed by atoms with E-state index in [4.69, 9.17) is 16.9 Å². The third-order valence-electron chi connectivity index (χ3n) is 2.97. The van der Waals surface area contributed by atoms with Gasteiger partial charge in [0.2, 0.25) is 10.0 Å². The Hall–Kier alpha value is -1.13. The molecule has 1 rings (SSSR count). The summed E-state index contributed by atoms with van der Waals surface area (Å²) < 4.78 is 26.8. The van der Waals surface area contributed by atoms with Gasteiger partial charge in [-0.05, 0) is 38.7 Å². The number of nitriles is 1. The Morgan fingerprint density at radius 2 is 1.90 bits per heavy atom. The van der Waals surface area contributed by atoms with Crippen LogP contribution in [0, 0.1) is 11.3 Å². The van der Waals surface area contributed by atoms with Crippen molar-refractivity contribution in [3.05, 3.63) is 28.8 Å². The van der Waals surface area contributed by atoms with Crippen LogP contribution in [0.5, 0.6) is 0 Å². The van der Waals surface area contributed by atoms with Crippen LogP contribution in [0.25, 0.3) is 0 Å². The van der Waals surface area contributed by atoms with Crippen molar-refractivity contribution in [1.29, 1.82) is 5.26 Å². The normalized spacial score (nSPS) is 11.9. The van der Waals surface area contributed by atoms with Crippen LogP contribution in [0.3, 0.4) is 0 Å². The van der Waals surface area contributed by atoms with Crippen LogP contribution >= 0.6 is 11.6 Å². The van der Waals surface area contributed by atoms with Crippen LogP contribution in [0.2, 0.25) is 5.02 Å². The Morgan fingerprint density at radius 3 is 2.38 bits per heavy atom. The Morgan fingerprint density at radius 1 is 1.24 bits per heavy atom. The highest BCUT2D eigenvalue weighted by atomic mass is 35.5. The van der Waals surface area contributed by atoms with Crippen molar-refractivity contribution in [3.8, 4) is 6.07 Å². The van der Waals surface area contributed by atoms with Gasteiger partial charge in [-0.2, -0.15) is 9.57 Å². The molecule has 5 nitrogen and oxygen atoms in total. The standard InChI is InChI=1S/C14H20ClN3O2S/c1-4-7-18(9-8-17(2)3)21(19,20)13-6-5-12(11-16)14(15)10-13/h5-6,10H,4,7-9H2,1-3H3. The van der Waals surface area contributed by atoms with Crippen molar-refractivity contribution in [2.75, 3.05) is 33.7 Å². The van der Waals surface area contributed by atoms with Crippen molar-refractivity contribution in [1.82, 2.24) is 9.21 Å². The molecule has 0 radical (unpaired) electrons. The molecule has 0 aliphatic carbocycles. The zero-order valence-corrected chi connectivity index (χ0v) is 14.1. The third-order valence-corrected chi connectivity index (χ3v) is 5.18. The average Bonchev–Trinajstić information content (AvgIpc) is 2.42. The fourth-order valence-corrected chi connectivity index (χ4v) is 3.65. The van der Waals surface area contributed by atoms with E-state index in [1.54, 1.807) is 0 Å². The van der Waals surface area contributed by atoms with E-state index >= 15 is 0 Å². The summed E-state index contributed by atoms with van der Waals surface area (Å²) in [7, 11) is 0.203. The van der Waals surface area contributed by atoms with E-state index in [2.05, 4.69) is 0 Å². The minimum atomic E-state index is -3.59. The molecule has 116 valence electrons. The zero-order chi connectivity index (χ0) is 16.0. The molecule has 0 atom stereocenters. The molecule has 0 unspecified atom stereocenters. The summed E-state index contributed by atoms with van der Waals surface area (Å²) in [4.78, 5) is 2.06. The summed E-state index contributed by atoms with van der Waals surface area (Å²) in [5, 5.41) is 9.01. The molecule has 0 amide bonds. The molecule has 0 aromatic heterocycles. The predicted octanol–water partition coefficient (Wildman–Crippen LogP) is 2.17. The summed E-state index contributed by atoms with van der Waals surface area (Å²) in [6.45, 7) is 3.45. The first kappa shape index (κ1) is 17.9. The van der Waals surface area contributed by atoms with Crippen LogP contribution < -0.4 is 0 Å². The molecule has 0 spiro atoms. The lowest BCUT2D eigenvalue weighted by Crippen LogP contribution is -2.37. The van der Waals surface area contributed by atoms with E-state index in [0.717, 1.165) is 6.42 Å². The Kier molecular flexibility index (Phi) is 6.62. The van der Waals surface area contributed by atoms with Gasteiger partial charge in [-0.15, -0.1) is 0 Å². The molecule has 0 heterocycles. The van der Waals surface area contributed by atoms with Crippen molar-refractivity contribution >= 4 is 21.6 Å². The van der Waals surface area contributed by atoms with Gasteiger partial charge >= 0.3 is 0 Å². The number of hydrogen-bond donors (Lipinski definition) is 0. The van der Waals surface area contributed by atoms with Gasteiger partial charge in [-0.1, -0.05) is 18.5 Å². The summed E-state index contributed by atoms with van der Waals surface area (Å²) in [6.07, 6.45) is 0.733. The first-order valence-corrected chi connectivity index (χ1v) is 8.49. The minimum Gasteiger partial charge on any atom is -0.308 e. The summed E-state index contributed by atoms with van der Waals surface area (Å²) >= 11 is 5.93. The van der Waals surface area contributed by atoms with Gasteiger partial charge in [0.25, 0.3) is 0 Å². The summed E-state index contributed by atoms with van der Waals surface area (Å²) in [5.41, 5.74) is 0.269. The highest BCUT2D eigenvalue weighted by molar-refractivity contribution is 7.89. The second-order valence-electron chi connectivity index (χ2n) is 4.96. The SMILES string of the molecule is CCCN(CCN(C)C)S(=O)(=O)c1ccc(C#N)c(Cl)c1. The number of nitrogens with zero attached hydrogens (tertiary/aromatic N) is 3. The van der Waals surface area contributed by atoms with E-state index in [1.165, 1.54) is 22.5 Å². The quantitative estimate of drug-likeness (QED) is 0.769. The zero-order valence-electron chi connectivity index (χ0n) is 12.5. The van der Waals surface area contributed by atoms with E-state index in [1.807, 2.05) is 32.0 Å². The molecule has 0 saturated heterocycles. The molecule has 0 fully saturated rings. The molecule has 1 aromatic carbocycles. The van der Waals surface area contributed by atoms with Gasteiger partial charge in [0, 0.05) is 19.6 Å². The van der Waals surface area contributed by atoms with Crippen LogP contribution in [0.15, 0.2) is 23.1 Å². The second kappa shape index (κ2) is 7.76. The van der Waals surface area contributed by atoms with Crippen LogP contribution in [0.4, 0.5) is 0 Å². The van der Waals surface area contributed by atoms with E-state index in [9.17, 15) is 8.42 Å². The lowest BCUT2D eigenvalue weighted by atomic mass is 10.2. The maximum absolute atomic E-state index is 12.7. The van der Waals surface area contributed by atoms with Crippen molar-refractivity contribution < 1.29 is 8.42 Å². The van der Waals surface area contributed by atoms with Gasteiger partial charge in [0.15, 0.2) is 0 Å². The molecule has 0 bridgehead atoms. The first-order valence-electron chi connectivity index (χ1n) is 6.67. The highest BCUT2D eigenvalue weighted by Gasteiger charge is 2.24. The van der Waals surface area contributed by atoms with Crippen molar-refractivity contribution in [3.63, 3.8) is 0 Å². The van der Waals surface area contributed by atoms with Crippen LogP contribution in [-0.2, 0) is 10.0 Å². The fraction of sp³-hybridized carbons (Fsp3) is 0.500. The molecular weight excluding hydrogens is 310 g/mol. The fourth-order valence-electron chi connectivity index (χ4n) is 1.81. The Balaban J connectivity index is 3.10.